The molecule has 0 fully saturated rings. The van der Waals surface area contributed by atoms with Crippen LogP contribution < -0.4 is 10.6 Å². The first-order valence-corrected chi connectivity index (χ1v) is 8.07. The largest absolute Gasteiger partial charge is 0.325 e. The molecule has 0 saturated heterocycles. The minimum atomic E-state index is -0.454. The highest BCUT2D eigenvalue weighted by atomic mass is 32.1. The van der Waals surface area contributed by atoms with Crippen molar-refractivity contribution in [2.24, 2.45) is 0 Å². The molecule has 0 saturated carbocycles. The van der Waals surface area contributed by atoms with E-state index in [1.807, 2.05) is 32.0 Å². The molecule has 0 radical (unpaired) electrons. The van der Waals surface area contributed by atoms with Crippen LogP contribution in [0.4, 0.5) is 20.0 Å². The molecule has 3 rings (SSSR count). The first-order valence-electron chi connectivity index (χ1n) is 7.26. The van der Waals surface area contributed by atoms with Crippen LogP contribution in [0.2, 0.25) is 0 Å². The van der Waals surface area contributed by atoms with Gasteiger partial charge < -0.3 is 5.32 Å². The molecule has 0 bridgehead atoms. The van der Waals surface area contributed by atoms with Gasteiger partial charge in [0.15, 0.2) is 0 Å². The molecular weight excluding hydrogens is 327 g/mol. The predicted octanol–water partition coefficient (Wildman–Crippen LogP) is 4.61. The maximum Gasteiger partial charge on any atom is 0.325 e. The lowest BCUT2D eigenvalue weighted by molar-refractivity contribution is 0.262. The average molecular weight is 342 g/mol. The van der Waals surface area contributed by atoms with E-state index in [-0.39, 0.29) is 5.82 Å². The summed E-state index contributed by atoms with van der Waals surface area (Å²) in [5.74, 6) is -0.358. The topological polar surface area (TPSA) is 66.9 Å². The molecule has 0 aliphatic carbocycles. The van der Waals surface area contributed by atoms with Gasteiger partial charge in [-0.05, 0) is 55.3 Å². The van der Waals surface area contributed by atoms with Gasteiger partial charge in [0.2, 0.25) is 5.13 Å². The van der Waals surface area contributed by atoms with Gasteiger partial charge in [0.25, 0.3) is 0 Å². The summed E-state index contributed by atoms with van der Waals surface area (Å²) in [7, 11) is 0. The molecular formula is C17H15FN4OS. The molecule has 7 heteroatoms. The maximum atomic E-state index is 12.8. The van der Waals surface area contributed by atoms with E-state index in [0.29, 0.717) is 10.8 Å². The number of hydrogen-bond acceptors (Lipinski definition) is 4. The summed E-state index contributed by atoms with van der Waals surface area (Å²) in [5.41, 5.74) is 3.84. The molecule has 0 atom stereocenters. The Hall–Kier alpha value is -2.80. The Morgan fingerprint density at radius 2 is 1.75 bits per heavy atom. The average Bonchev–Trinajstić information content (AvgIpc) is 3.00. The molecule has 0 aliphatic heterocycles. The number of rotatable bonds is 3. The standard InChI is InChI=1S/C17H15FN4OS/c1-10-3-4-12(9-11(10)2)15-21-22-17(24-15)20-16(23)19-14-7-5-13(18)6-8-14/h3-9H,1-2H3,(H2,19,20,22,23). The number of aryl methyl sites for hydroxylation is 2. The predicted molar refractivity (Wildman–Crippen MR) is 93.9 cm³/mol. The zero-order chi connectivity index (χ0) is 17.1. The second-order valence-corrected chi connectivity index (χ2v) is 6.27. The van der Waals surface area contributed by atoms with E-state index in [0.717, 1.165) is 10.6 Å². The normalized spacial score (nSPS) is 10.5. The molecule has 2 amide bonds. The van der Waals surface area contributed by atoms with Gasteiger partial charge in [-0.3, -0.25) is 5.32 Å². The Morgan fingerprint density at radius 1 is 1.00 bits per heavy atom. The van der Waals surface area contributed by atoms with Crippen molar-refractivity contribution in [3.8, 4) is 10.6 Å². The minimum Gasteiger partial charge on any atom is -0.308 e. The summed E-state index contributed by atoms with van der Waals surface area (Å²) < 4.78 is 12.8. The lowest BCUT2D eigenvalue weighted by Gasteiger charge is -2.04. The molecule has 0 aliphatic rings. The van der Waals surface area contributed by atoms with Crippen molar-refractivity contribution < 1.29 is 9.18 Å². The number of nitrogens with zero attached hydrogens (tertiary/aromatic N) is 2. The van der Waals surface area contributed by atoms with Gasteiger partial charge in [-0.1, -0.05) is 23.5 Å². The number of carbonyl (C=O) groups excluding carboxylic acids is 1. The Balaban J connectivity index is 1.68. The number of carbonyl (C=O) groups is 1. The molecule has 2 N–H and O–H groups in total. The first kappa shape index (κ1) is 16.1. The van der Waals surface area contributed by atoms with Crippen LogP contribution in [0.15, 0.2) is 42.5 Å². The van der Waals surface area contributed by atoms with E-state index in [4.69, 9.17) is 0 Å². The van der Waals surface area contributed by atoms with E-state index in [2.05, 4.69) is 20.8 Å². The molecule has 0 spiro atoms. The van der Waals surface area contributed by atoms with E-state index < -0.39 is 6.03 Å². The summed E-state index contributed by atoms with van der Waals surface area (Å²) in [6.07, 6.45) is 0. The third-order valence-corrected chi connectivity index (χ3v) is 4.39. The Kier molecular flexibility index (Phi) is 4.52. The maximum absolute atomic E-state index is 12.8. The van der Waals surface area contributed by atoms with Crippen molar-refractivity contribution in [1.82, 2.24) is 10.2 Å². The zero-order valence-corrected chi connectivity index (χ0v) is 13.9. The highest BCUT2D eigenvalue weighted by molar-refractivity contribution is 7.18. The zero-order valence-electron chi connectivity index (χ0n) is 13.1. The number of hydrogen-bond donors (Lipinski definition) is 2. The van der Waals surface area contributed by atoms with E-state index in [1.54, 1.807) is 0 Å². The molecule has 122 valence electrons. The number of anilines is 2. The summed E-state index contributed by atoms with van der Waals surface area (Å²) in [5, 5.41) is 14.4. The van der Waals surface area contributed by atoms with Gasteiger partial charge >= 0.3 is 6.03 Å². The fourth-order valence-corrected chi connectivity index (χ4v) is 2.79. The Bertz CT molecular complexity index is 877. The Morgan fingerprint density at radius 3 is 2.46 bits per heavy atom. The van der Waals surface area contributed by atoms with Crippen LogP contribution in [-0.4, -0.2) is 16.2 Å². The molecule has 24 heavy (non-hydrogen) atoms. The fourth-order valence-electron chi connectivity index (χ4n) is 2.06. The van der Waals surface area contributed by atoms with Crippen LogP contribution in [0.25, 0.3) is 10.6 Å². The summed E-state index contributed by atoms with van der Waals surface area (Å²) in [6, 6.07) is 11.1. The second kappa shape index (κ2) is 6.76. The van der Waals surface area contributed by atoms with Gasteiger partial charge in [-0.2, -0.15) is 0 Å². The van der Waals surface area contributed by atoms with Gasteiger partial charge in [-0.15, -0.1) is 10.2 Å². The van der Waals surface area contributed by atoms with Crippen molar-refractivity contribution in [2.45, 2.75) is 13.8 Å². The lowest BCUT2D eigenvalue weighted by atomic mass is 10.1. The summed E-state index contributed by atoms with van der Waals surface area (Å²) in [6.45, 7) is 4.08. The highest BCUT2D eigenvalue weighted by Gasteiger charge is 2.10. The molecule has 2 aromatic carbocycles. The summed E-state index contributed by atoms with van der Waals surface area (Å²) >= 11 is 1.29. The molecule has 5 nitrogen and oxygen atoms in total. The number of amides is 2. The van der Waals surface area contributed by atoms with Gasteiger partial charge in [-0.25, -0.2) is 9.18 Å². The number of nitrogens with one attached hydrogen (secondary N) is 2. The van der Waals surface area contributed by atoms with Crippen LogP contribution in [0.1, 0.15) is 11.1 Å². The van der Waals surface area contributed by atoms with Crippen molar-refractivity contribution in [3.63, 3.8) is 0 Å². The number of benzene rings is 2. The van der Waals surface area contributed by atoms with E-state index in [9.17, 15) is 9.18 Å². The van der Waals surface area contributed by atoms with Gasteiger partial charge in [0.05, 0.1) is 0 Å². The minimum absolute atomic E-state index is 0.358. The molecule has 3 aromatic rings. The Labute approximate surface area is 142 Å². The van der Waals surface area contributed by atoms with Crippen LogP contribution in [0, 0.1) is 19.7 Å². The van der Waals surface area contributed by atoms with E-state index in [1.165, 1.54) is 46.7 Å². The van der Waals surface area contributed by atoms with Gasteiger partial charge in [0.1, 0.15) is 10.8 Å². The highest BCUT2D eigenvalue weighted by Crippen LogP contribution is 2.27. The quantitative estimate of drug-likeness (QED) is 0.731. The monoisotopic (exact) mass is 342 g/mol. The number of aromatic nitrogens is 2. The van der Waals surface area contributed by atoms with Crippen LogP contribution in [0.5, 0.6) is 0 Å². The van der Waals surface area contributed by atoms with Crippen molar-refractivity contribution in [1.29, 1.82) is 0 Å². The van der Waals surface area contributed by atoms with Crippen LogP contribution in [-0.2, 0) is 0 Å². The van der Waals surface area contributed by atoms with Crippen LogP contribution >= 0.6 is 11.3 Å². The lowest BCUT2D eigenvalue weighted by Crippen LogP contribution is -2.19. The van der Waals surface area contributed by atoms with Crippen molar-refractivity contribution >= 4 is 28.2 Å². The van der Waals surface area contributed by atoms with Crippen molar-refractivity contribution in [2.75, 3.05) is 10.6 Å². The fraction of sp³-hybridized carbons (Fsp3) is 0.118. The third kappa shape index (κ3) is 3.75. The number of halogens is 1. The summed E-state index contributed by atoms with van der Waals surface area (Å²) in [4.78, 5) is 11.9. The first-order chi connectivity index (χ1) is 11.5. The van der Waals surface area contributed by atoms with E-state index >= 15 is 0 Å². The molecule has 0 unspecified atom stereocenters. The smallest absolute Gasteiger partial charge is 0.308 e. The van der Waals surface area contributed by atoms with Crippen LogP contribution in [0.3, 0.4) is 0 Å². The SMILES string of the molecule is Cc1ccc(-c2nnc(NC(=O)Nc3ccc(F)cc3)s2)cc1C. The third-order valence-electron chi connectivity index (χ3n) is 3.50. The molecule has 1 heterocycles. The molecule has 1 aromatic heterocycles. The van der Waals surface area contributed by atoms with Gasteiger partial charge in [0, 0.05) is 11.3 Å². The van der Waals surface area contributed by atoms with Crippen molar-refractivity contribution in [3.05, 3.63) is 59.4 Å². The second-order valence-electron chi connectivity index (χ2n) is 5.30. The number of urea groups is 1.